The summed E-state index contributed by atoms with van der Waals surface area (Å²) in [5.74, 6) is 1.21. The highest BCUT2D eigenvalue weighted by Gasteiger charge is 2.13. The van der Waals surface area contributed by atoms with Crippen molar-refractivity contribution >= 4 is 22.6 Å². The van der Waals surface area contributed by atoms with E-state index in [4.69, 9.17) is 10.5 Å². The van der Waals surface area contributed by atoms with Crippen molar-refractivity contribution in [3.05, 3.63) is 29.8 Å². The van der Waals surface area contributed by atoms with Crippen LogP contribution in [0.3, 0.4) is 0 Å². The fraction of sp³-hybridized carbons (Fsp3) is 0.545. The molecule has 0 aliphatic heterocycles. The summed E-state index contributed by atoms with van der Waals surface area (Å²) in [7, 11) is 0. The number of amides is 1. The van der Waals surface area contributed by atoms with E-state index in [0.29, 0.717) is 24.6 Å². The second kappa shape index (κ2) is 9.58. The number of anilines is 1. The maximum absolute atomic E-state index is 11.9. The van der Waals surface area contributed by atoms with Crippen LogP contribution in [0, 0.1) is 0 Å². The van der Waals surface area contributed by atoms with Crippen molar-refractivity contribution in [1.29, 1.82) is 0 Å². The maximum Gasteiger partial charge on any atom is 0.220 e. The van der Waals surface area contributed by atoms with Gasteiger partial charge in [-0.25, -0.2) is 4.98 Å². The number of rotatable bonds is 9. The highest BCUT2D eigenvalue weighted by molar-refractivity contribution is 5.85. The van der Waals surface area contributed by atoms with Gasteiger partial charge in [-0.05, 0) is 64.2 Å². The predicted octanol–water partition coefficient (Wildman–Crippen LogP) is 4.62. The Morgan fingerprint density at radius 2 is 2.00 bits per heavy atom. The molecular formula is C22H33N3O2. The molecule has 2 aromatic rings. The summed E-state index contributed by atoms with van der Waals surface area (Å²) in [5, 5.41) is 4.09. The minimum absolute atomic E-state index is 0.112. The molecular weight excluding hydrogens is 338 g/mol. The molecule has 0 aliphatic rings. The first-order chi connectivity index (χ1) is 12.8. The number of carbonyl (C=O) groups excluding carboxylic acids is 1. The molecule has 1 heterocycles. The number of hydrogen-bond acceptors (Lipinski definition) is 4. The first-order valence-corrected chi connectivity index (χ1v) is 9.92. The Kier molecular flexibility index (Phi) is 7.45. The molecule has 0 saturated carbocycles. The van der Waals surface area contributed by atoms with E-state index >= 15 is 0 Å². The van der Waals surface area contributed by atoms with Crippen molar-refractivity contribution in [2.75, 3.05) is 12.3 Å². The minimum Gasteiger partial charge on any atom is -0.490 e. The van der Waals surface area contributed by atoms with E-state index in [0.717, 1.165) is 43.0 Å². The van der Waals surface area contributed by atoms with Crippen LogP contribution in [0.25, 0.3) is 10.9 Å². The van der Waals surface area contributed by atoms with Crippen LogP contribution in [-0.2, 0) is 11.2 Å². The number of aryl methyl sites for hydroxylation is 1. The summed E-state index contributed by atoms with van der Waals surface area (Å²) >= 11 is 0. The lowest BCUT2D eigenvalue weighted by Crippen LogP contribution is -2.40. The number of carbonyl (C=O) groups is 1. The van der Waals surface area contributed by atoms with Gasteiger partial charge in [-0.3, -0.25) is 4.79 Å². The molecule has 5 heteroatoms. The number of nitrogens with zero attached hydrogens (tertiary/aromatic N) is 1. The number of ether oxygens (including phenoxy) is 1. The number of fused-ring (bicyclic) bond motifs is 1. The monoisotopic (exact) mass is 371 g/mol. The number of unbranched alkanes of at least 4 members (excludes halogenated alkanes) is 2. The van der Waals surface area contributed by atoms with Gasteiger partial charge in [0.1, 0.15) is 0 Å². The van der Waals surface area contributed by atoms with Crippen LogP contribution in [0.15, 0.2) is 24.3 Å². The van der Waals surface area contributed by atoms with E-state index < -0.39 is 0 Å². The molecule has 3 N–H and O–H groups in total. The summed E-state index contributed by atoms with van der Waals surface area (Å²) in [4.78, 5) is 16.4. The van der Waals surface area contributed by atoms with E-state index in [2.05, 4.69) is 23.3 Å². The van der Waals surface area contributed by atoms with Gasteiger partial charge in [0.25, 0.3) is 0 Å². The van der Waals surface area contributed by atoms with Crippen molar-refractivity contribution < 1.29 is 9.53 Å². The zero-order valence-electron chi connectivity index (χ0n) is 17.1. The van der Waals surface area contributed by atoms with E-state index in [1.807, 2.05) is 39.0 Å². The normalized spacial score (nSPS) is 11.6. The van der Waals surface area contributed by atoms with Gasteiger partial charge in [0.15, 0.2) is 11.6 Å². The molecule has 0 fully saturated rings. The molecule has 0 radical (unpaired) electrons. The van der Waals surface area contributed by atoms with Gasteiger partial charge >= 0.3 is 0 Å². The number of nitrogens with two attached hydrogens (primary N) is 1. The molecule has 0 saturated heterocycles. The highest BCUT2D eigenvalue weighted by atomic mass is 16.5. The van der Waals surface area contributed by atoms with Crippen molar-refractivity contribution in [2.24, 2.45) is 0 Å². The molecule has 0 atom stereocenters. The number of aromatic nitrogens is 1. The molecule has 27 heavy (non-hydrogen) atoms. The Morgan fingerprint density at radius 3 is 2.70 bits per heavy atom. The van der Waals surface area contributed by atoms with Crippen LogP contribution in [0.4, 0.5) is 5.82 Å². The fourth-order valence-electron chi connectivity index (χ4n) is 3.00. The molecule has 2 rings (SSSR count). The van der Waals surface area contributed by atoms with Crippen LogP contribution >= 0.6 is 0 Å². The molecule has 1 aromatic carbocycles. The van der Waals surface area contributed by atoms with E-state index in [1.165, 1.54) is 5.56 Å². The Hall–Kier alpha value is -2.30. The SMILES string of the molecule is CCCCOc1cc2c(CCCCC(=O)NC(C)(C)C)cccc2nc1N. The van der Waals surface area contributed by atoms with Crippen LogP contribution in [0.2, 0.25) is 0 Å². The van der Waals surface area contributed by atoms with Crippen molar-refractivity contribution in [2.45, 2.75) is 71.8 Å². The van der Waals surface area contributed by atoms with E-state index in [1.54, 1.807) is 0 Å². The van der Waals surface area contributed by atoms with Crippen LogP contribution in [0.5, 0.6) is 5.75 Å². The standard InChI is InChI=1S/C22H33N3O2/c1-5-6-14-27-19-15-17-16(11-9-12-18(17)24-21(19)23)10-7-8-13-20(26)25-22(2,3)4/h9,11-12,15H,5-8,10,13-14H2,1-4H3,(H2,23,24)(H,25,26). The largest absolute Gasteiger partial charge is 0.490 e. The predicted molar refractivity (Wildman–Crippen MR) is 112 cm³/mol. The average molecular weight is 372 g/mol. The molecule has 1 aromatic heterocycles. The minimum atomic E-state index is -0.174. The lowest BCUT2D eigenvalue weighted by molar-refractivity contribution is -0.122. The van der Waals surface area contributed by atoms with Gasteiger partial charge in [-0.2, -0.15) is 0 Å². The topological polar surface area (TPSA) is 77.2 Å². The molecule has 0 unspecified atom stereocenters. The fourth-order valence-corrected chi connectivity index (χ4v) is 3.00. The van der Waals surface area contributed by atoms with Gasteiger partial charge in [0.2, 0.25) is 5.91 Å². The smallest absolute Gasteiger partial charge is 0.220 e. The summed E-state index contributed by atoms with van der Waals surface area (Å²) in [6, 6.07) is 8.11. The highest BCUT2D eigenvalue weighted by Crippen LogP contribution is 2.28. The van der Waals surface area contributed by atoms with Gasteiger partial charge in [0.05, 0.1) is 12.1 Å². The number of nitrogen functional groups attached to an aromatic ring is 1. The second-order valence-electron chi connectivity index (χ2n) is 8.06. The van der Waals surface area contributed by atoms with Crippen LogP contribution < -0.4 is 15.8 Å². The van der Waals surface area contributed by atoms with Crippen molar-refractivity contribution in [3.8, 4) is 5.75 Å². The third-order valence-electron chi connectivity index (χ3n) is 4.31. The second-order valence-corrected chi connectivity index (χ2v) is 8.06. The third kappa shape index (κ3) is 6.74. The van der Waals surface area contributed by atoms with Gasteiger partial charge in [-0.1, -0.05) is 25.5 Å². The van der Waals surface area contributed by atoms with E-state index in [9.17, 15) is 4.79 Å². The maximum atomic E-state index is 11.9. The third-order valence-corrected chi connectivity index (χ3v) is 4.31. The van der Waals surface area contributed by atoms with Crippen LogP contribution in [0.1, 0.15) is 65.4 Å². The lowest BCUT2D eigenvalue weighted by Gasteiger charge is -2.20. The van der Waals surface area contributed by atoms with Gasteiger partial charge in [0, 0.05) is 17.3 Å². The van der Waals surface area contributed by atoms with Crippen LogP contribution in [-0.4, -0.2) is 23.0 Å². The average Bonchev–Trinajstić information content (AvgIpc) is 2.58. The Morgan fingerprint density at radius 1 is 1.22 bits per heavy atom. The van der Waals surface area contributed by atoms with Crippen molar-refractivity contribution in [1.82, 2.24) is 10.3 Å². The zero-order valence-corrected chi connectivity index (χ0v) is 17.1. The first kappa shape index (κ1) is 21.0. The molecule has 0 aliphatic carbocycles. The summed E-state index contributed by atoms with van der Waals surface area (Å²) in [5.41, 5.74) is 7.98. The number of benzene rings is 1. The number of hydrogen-bond donors (Lipinski definition) is 2. The lowest BCUT2D eigenvalue weighted by atomic mass is 10.0. The van der Waals surface area contributed by atoms with Gasteiger partial charge in [-0.15, -0.1) is 0 Å². The molecule has 0 spiro atoms. The summed E-state index contributed by atoms with van der Waals surface area (Å²) in [6.07, 6.45) is 5.34. The van der Waals surface area contributed by atoms with Gasteiger partial charge < -0.3 is 15.8 Å². The van der Waals surface area contributed by atoms with Crippen molar-refractivity contribution in [3.63, 3.8) is 0 Å². The number of pyridine rings is 1. The quantitative estimate of drug-likeness (QED) is 0.630. The molecule has 5 nitrogen and oxygen atoms in total. The summed E-state index contributed by atoms with van der Waals surface area (Å²) < 4.78 is 5.80. The number of nitrogens with one attached hydrogen (secondary N) is 1. The zero-order chi connectivity index (χ0) is 19.9. The molecule has 1 amide bonds. The Balaban J connectivity index is 2.00. The Labute approximate surface area is 162 Å². The summed E-state index contributed by atoms with van der Waals surface area (Å²) in [6.45, 7) is 8.78. The first-order valence-electron chi connectivity index (χ1n) is 9.92. The van der Waals surface area contributed by atoms with E-state index in [-0.39, 0.29) is 11.4 Å². The molecule has 0 bridgehead atoms. The molecule has 148 valence electrons. The Bertz CT molecular complexity index is 766.